The van der Waals surface area contributed by atoms with Crippen molar-refractivity contribution in [2.24, 2.45) is 0 Å². The van der Waals surface area contributed by atoms with Gasteiger partial charge < -0.3 is 10.2 Å². The summed E-state index contributed by atoms with van der Waals surface area (Å²) >= 11 is 1.65. The Balaban J connectivity index is 2.36. The molecule has 0 radical (unpaired) electrons. The fraction of sp³-hybridized carbons (Fsp3) is 0.727. The van der Waals surface area contributed by atoms with E-state index in [1.165, 1.54) is 6.42 Å². The Morgan fingerprint density at radius 3 is 2.73 bits per heavy atom. The zero-order chi connectivity index (χ0) is 11.3. The molecular formula is C11H21N3S. The van der Waals surface area contributed by atoms with E-state index in [-0.39, 0.29) is 0 Å². The minimum absolute atomic E-state index is 0.352. The molecule has 0 bridgehead atoms. The van der Waals surface area contributed by atoms with Crippen LogP contribution in [0.2, 0.25) is 0 Å². The zero-order valence-electron chi connectivity index (χ0n) is 10.0. The number of rotatable bonds is 6. The van der Waals surface area contributed by atoms with Gasteiger partial charge in [-0.25, -0.2) is 4.98 Å². The van der Waals surface area contributed by atoms with Crippen molar-refractivity contribution < 1.29 is 0 Å². The van der Waals surface area contributed by atoms with Gasteiger partial charge in [-0.2, -0.15) is 0 Å². The lowest BCUT2D eigenvalue weighted by atomic mass is 10.2. The van der Waals surface area contributed by atoms with Gasteiger partial charge in [0.2, 0.25) is 0 Å². The van der Waals surface area contributed by atoms with E-state index < -0.39 is 0 Å². The number of thiazole rings is 1. The SMILES string of the molecule is CCC(CNC(C)c1cscn1)N(C)C. The minimum Gasteiger partial charge on any atom is -0.307 e. The van der Waals surface area contributed by atoms with Gasteiger partial charge in [0.25, 0.3) is 0 Å². The summed E-state index contributed by atoms with van der Waals surface area (Å²) in [4.78, 5) is 6.57. The molecule has 86 valence electrons. The fourth-order valence-corrected chi connectivity index (χ4v) is 2.19. The molecular weight excluding hydrogens is 206 g/mol. The van der Waals surface area contributed by atoms with Crippen molar-refractivity contribution in [2.75, 3.05) is 20.6 Å². The van der Waals surface area contributed by atoms with Gasteiger partial charge in [-0.15, -0.1) is 11.3 Å². The first-order valence-corrected chi connectivity index (χ1v) is 6.37. The predicted molar refractivity (Wildman–Crippen MR) is 66.3 cm³/mol. The van der Waals surface area contributed by atoms with Gasteiger partial charge in [-0.1, -0.05) is 6.92 Å². The standard InChI is InChI=1S/C11H21N3S/c1-5-10(14(3)4)6-12-9(2)11-7-15-8-13-11/h7-10,12H,5-6H2,1-4H3. The number of aromatic nitrogens is 1. The Kier molecular flexibility index (Phi) is 5.22. The summed E-state index contributed by atoms with van der Waals surface area (Å²) in [6.07, 6.45) is 1.17. The third kappa shape index (κ3) is 3.89. The normalized spacial score (nSPS) is 15.5. The molecule has 4 heteroatoms. The van der Waals surface area contributed by atoms with E-state index >= 15 is 0 Å². The van der Waals surface area contributed by atoms with Gasteiger partial charge in [0.1, 0.15) is 0 Å². The average Bonchev–Trinajstić information content (AvgIpc) is 2.70. The lowest BCUT2D eigenvalue weighted by Gasteiger charge is -2.24. The van der Waals surface area contributed by atoms with Crippen molar-refractivity contribution in [1.29, 1.82) is 0 Å². The zero-order valence-corrected chi connectivity index (χ0v) is 10.8. The van der Waals surface area contributed by atoms with Crippen molar-refractivity contribution in [1.82, 2.24) is 15.2 Å². The van der Waals surface area contributed by atoms with Crippen LogP contribution in [-0.4, -0.2) is 36.6 Å². The maximum absolute atomic E-state index is 4.31. The Morgan fingerprint density at radius 1 is 1.53 bits per heavy atom. The molecule has 0 saturated heterocycles. The number of likely N-dealkylation sites (N-methyl/N-ethyl adjacent to an activating group) is 1. The van der Waals surface area contributed by atoms with Gasteiger partial charge in [0.15, 0.2) is 0 Å². The van der Waals surface area contributed by atoms with E-state index in [9.17, 15) is 0 Å². The molecule has 0 fully saturated rings. The van der Waals surface area contributed by atoms with Crippen LogP contribution in [0.1, 0.15) is 32.0 Å². The molecule has 3 nitrogen and oxygen atoms in total. The smallest absolute Gasteiger partial charge is 0.0795 e. The van der Waals surface area contributed by atoms with Gasteiger partial charge in [-0.05, 0) is 27.4 Å². The lowest BCUT2D eigenvalue weighted by Crippen LogP contribution is -2.38. The van der Waals surface area contributed by atoms with E-state index in [2.05, 4.69) is 48.5 Å². The number of hydrogen-bond donors (Lipinski definition) is 1. The Bertz CT molecular complexity index is 259. The van der Waals surface area contributed by atoms with E-state index in [1.807, 2.05) is 5.51 Å². The molecule has 2 unspecified atom stereocenters. The summed E-state index contributed by atoms with van der Waals surface area (Å²) in [7, 11) is 4.26. The molecule has 1 heterocycles. The maximum atomic E-state index is 4.31. The Morgan fingerprint density at radius 2 is 2.27 bits per heavy atom. The second kappa shape index (κ2) is 6.20. The summed E-state index contributed by atoms with van der Waals surface area (Å²) < 4.78 is 0. The molecule has 0 amide bonds. The lowest BCUT2D eigenvalue weighted by molar-refractivity contribution is 0.269. The fourth-order valence-electron chi connectivity index (χ4n) is 1.55. The highest BCUT2D eigenvalue weighted by Crippen LogP contribution is 2.12. The van der Waals surface area contributed by atoms with Crippen LogP contribution in [0.15, 0.2) is 10.9 Å². The highest BCUT2D eigenvalue weighted by Gasteiger charge is 2.12. The molecule has 2 atom stereocenters. The molecule has 0 saturated carbocycles. The predicted octanol–water partition coefficient (Wildman–Crippen LogP) is 2.13. The quantitative estimate of drug-likeness (QED) is 0.807. The molecule has 15 heavy (non-hydrogen) atoms. The van der Waals surface area contributed by atoms with Gasteiger partial charge in [0, 0.05) is 24.0 Å². The first-order valence-electron chi connectivity index (χ1n) is 5.43. The van der Waals surface area contributed by atoms with E-state index in [1.54, 1.807) is 11.3 Å². The van der Waals surface area contributed by atoms with E-state index in [0.717, 1.165) is 12.2 Å². The third-order valence-electron chi connectivity index (χ3n) is 2.76. The molecule has 0 aliphatic rings. The molecule has 1 rings (SSSR count). The van der Waals surface area contributed by atoms with Crippen molar-refractivity contribution in [2.45, 2.75) is 32.4 Å². The van der Waals surface area contributed by atoms with Gasteiger partial charge in [0.05, 0.1) is 11.2 Å². The van der Waals surface area contributed by atoms with Crippen molar-refractivity contribution in [3.05, 3.63) is 16.6 Å². The first-order chi connectivity index (χ1) is 7.15. The molecule has 0 aliphatic carbocycles. The van der Waals surface area contributed by atoms with Crippen molar-refractivity contribution in [3.8, 4) is 0 Å². The highest BCUT2D eigenvalue weighted by atomic mass is 32.1. The molecule has 1 aromatic rings. The molecule has 1 N–H and O–H groups in total. The van der Waals surface area contributed by atoms with Crippen LogP contribution in [0.5, 0.6) is 0 Å². The summed E-state index contributed by atoms with van der Waals surface area (Å²) in [5.74, 6) is 0. The van der Waals surface area contributed by atoms with Crippen LogP contribution in [0.4, 0.5) is 0 Å². The first kappa shape index (κ1) is 12.6. The number of nitrogens with one attached hydrogen (secondary N) is 1. The summed E-state index contributed by atoms with van der Waals surface area (Å²) in [6, 6.07) is 0.955. The van der Waals surface area contributed by atoms with Crippen LogP contribution in [0.3, 0.4) is 0 Å². The van der Waals surface area contributed by atoms with Crippen molar-refractivity contribution >= 4 is 11.3 Å². The third-order valence-corrected chi connectivity index (χ3v) is 3.36. The molecule has 0 aliphatic heterocycles. The van der Waals surface area contributed by atoms with Crippen LogP contribution in [0, 0.1) is 0 Å². The second-order valence-corrected chi connectivity index (χ2v) is 4.79. The summed E-state index contributed by atoms with van der Waals surface area (Å²) in [6.45, 7) is 5.40. The van der Waals surface area contributed by atoms with Gasteiger partial charge >= 0.3 is 0 Å². The van der Waals surface area contributed by atoms with E-state index in [0.29, 0.717) is 12.1 Å². The van der Waals surface area contributed by atoms with Crippen LogP contribution < -0.4 is 5.32 Å². The monoisotopic (exact) mass is 227 g/mol. The Labute approximate surface area is 96.5 Å². The van der Waals surface area contributed by atoms with Crippen LogP contribution in [0.25, 0.3) is 0 Å². The van der Waals surface area contributed by atoms with Crippen LogP contribution in [-0.2, 0) is 0 Å². The largest absolute Gasteiger partial charge is 0.307 e. The molecule has 0 spiro atoms. The summed E-state index contributed by atoms with van der Waals surface area (Å²) in [5.41, 5.74) is 3.03. The summed E-state index contributed by atoms with van der Waals surface area (Å²) in [5, 5.41) is 5.63. The second-order valence-electron chi connectivity index (χ2n) is 4.07. The highest BCUT2D eigenvalue weighted by molar-refractivity contribution is 7.07. The van der Waals surface area contributed by atoms with Crippen LogP contribution >= 0.6 is 11.3 Å². The van der Waals surface area contributed by atoms with Gasteiger partial charge in [-0.3, -0.25) is 0 Å². The maximum Gasteiger partial charge on any atom is 0.0795 e. The average molecular weight is 227 g/mol. The molecule has 1 aromatic heterocycles. The number of nitrogens with zero attached hydrogens (tertiary/aromatic N) is 2. The topological polar surface area (TPSA) is 28.2 Å². The van der Waals surface area contributed by atoms with Crippen molar-refractivity contribution in [3.63, 3.8) is 0 Å². The molecule has 0 aromatic carbocycles. The minimum atomic E-state index is 0.352. The Hall–Kier alpha value is -0.450. The van der Waals surface area contributed by atoms with E-state index in [4.69, 9.17) is 0 Å². The number of hydrogen-bond acceptors (Lipinski definition) is 4.